The number of pyridine rings is 1. The highest BCUT2D eigenvalue weighted by Gasteiger charge is 2.17. The minimum Gasteiger partial charge on any atom is -0.357 e. The lowest BCUT2D eigenvalue weighted by Crippen LogP contribution is -2.31. The highest BCUT2D eigenvalue weighted by atomic mass is 79.9. The lowest BCUT2D eigenvalue weighted by Gasteiger charge is -2.28. The van der Waals surface area contributed by atoms with Crippen molar-refractivity contribution in [3.8, 4) is 0 Å². The van der Waals surface area contributed by atoms with Crippen LogP contribution in [-0.4, -0.2) is 18.1 Å². The van der Waals surface area contributed by atoms with Crippen molar-refractivity contribution in [2.75, 3.05) is 11.9 Å². The number of hydrogen-bond donors (Lipinski definition) is 0. The van der Waals surface area contributed by atoms with Gasteiger partial charge in [0.25, 0.3) is 0 Å². The van der Waals surface area contributed by atoms with E-state index in [4.69, 9.17) is 0 Å². The number of anilines is 1. The zero-order valence-electron chi connectivity index (χ0n) is 9.82. The van der Waals surface area contributed by atoms with Crippen LogP contribution in [0, 0.1) is 0 Å². The molecule has 1 aliphatic carbocycles. The monoisotopic (exact) mass is 282 g/mol. The molecule has 0 N–H and O–H groups in total. The average molecular weight is 283 g/mol. The average Bonchev–Trinajstić information content (AvgIpc) is 2.56. The number of rotatable bonds is 2. The first-order chi connectivity index (χ1) is 7.77. The van der Waals surface area contributed by atoms with Gasteiger partial charge in [0.05, 0.1) is 0 Å². The summed E-state index contributed by atoms with van der Waals surface area (Å²) in [6.45, 7) is 0. The standard InChI is InChI=1S/C13H19BrN2/c1-16(11-7-4-2-3-5-8-11)13-10-6-9-12(14)15-13/h6,9-11H,2-5,7-8H2,1H3. The Morgan fingerprint density at radius 3 is 2.50 bits per heavy atom. The van der Waals surface area contributed by atoms with Gasteiger partial charge >= 0.3 is 0 Å². The Bertz CT molecular complexity index is 332. The Morgan fingerprint density at radius 2 is 1.88 bits per heavy atom. The molecule has 0 aromatic carbocycles. The maximum atomic E-state index is 4.52. The molecule has 0 radical (unpaired) electrons. The van der Waals surface area contributed by atoms with Crippen LogP contribution in [0.2, 0.25) is 0 Å². The first-order valence-corrected chi connectivity index (χ1v) is 6.92. The highest BCUT2D eigenvalue weighted by Crippen LogP contribution is 2.24. The van der Waals surface area contributed by atoms with Gasteiger partial charge in [-0.3, -0.25) is 0 Å². The van der Waals surface area contributed by atoms with E-state index in [2.05, 4.69) is 45.0 Å². The lowest BCUT2D eigenvalue weighted by atomic mass is 10.1. The molecular formula is C13H19BrN2. The number of aromatic nitrogens is 1. The minimum atomic E-state index is 0.671. The van der Waals surface area contributed by atoms with Gasteiger partial charge in [0, 0.05) is 13.1 Å². The van der Waals surface area contributed by atoms with Crippen LogP contribution in [-0.2, 0) is 0 Å². The lowest BCUT2D eigenvalue weighted by molar-refractivity contribution is 0.549. The molecule has 0 aliphatic heterocycles. The highest BCUT2D eigenvalue weighted by molar-refractivity contribution is 9.10. The van der Waals surface area contributed by atoms with Crippen molar-refractivity contribution in [2.45, 2.75) is 44.6 Å². The third-order valence-electron chi connectivity index (χ3n) is 3.43. The maximum absolute atomic E-state index is 4.52. The molecule has 0 amide bonds. The SMILES string of the molecule is CN(c1cccc(Br)n1)C1CCCCCC1. The van der Waals surface area contributed by atoms with E-state index in [1.807, 2.05) is 6.07 Å². The van der Waals surface area contributed by atoms with E-state index < -0.39 is 0 Å². The molecule has 0 spiro atoms. The quantitative estimate of drug-likeness (QED) is 0.602. The summed E-state index contributed by atoms with van der Waals surface area (Å²) in [5, 5.41) is 0. The summed E-state index contributed by atoms with van der Waals surface area (Å²) in [5.41, 5.74) is 0. The minimum absolute atomic E-state index is 0.671. The van der Waals surface area contributed by atoms with Crippen molar-refractivity contribution in [3.05, 3.63) is 22.8 Å². The number of halogens is 1. The molecule has 2 rings (SSSR count). The third-order valence-corrected chi connectivity index (χ3v) is 3.88. The molecule has 88 valence electrons. The molecule has 1 heterocycles. The maximum Gasteiger partial charge on any atom is 0.129 e. The summed E-state index contributed by atoms with van der Waals surface area (Å²) in [6, 6.07) is 6.80. The molecule has 0 saturated heterocycles. The fourth-order valence-electron chi connectivity index (χ4n) is 2.43. The first kappa shape index (κ1) is 11.9. The second-order valence-electron chi connectivity index (χ2n) is 4.57. The van der Waals surface area contributed by atoms with E-state index in [-0.39, 0.29) is 0 Å². The fraction of sp³-hybridized carbons (Fsp3) is 0.615. The molecule has 0 atom stereocenters. The van der Waals surface area contributed by atoms with E-state index in [0.29, 0.717) is 6.04 Å². The second-order valence-corrected chi connectivity index (χ2v) is 5.39. The van der Waals surface area contributed by atoms with Crippen molar-refractivity contribution < 1.29 is 0 Å². The van der Waals surface area contributed by atoms with Crippen LogP contribution in [0.4, 0.5) is 5.82 Å². The first-order valence-electron chi connectivity index (χ1n) is 6.13. The van der Waals surface area contributed by atoms with Crippen LogP contribution >= 0.6 is 15.9 Å². The number of nitrogens with zero attached hydrogens (tertiary/aromatic N) is 2. The summed E-state index contributed by atoms with van der Waals surface area (Å²) in [4.78, 5) is 6.86. The van der Waals surface area contributed by atoms with Gasteiger partial charge in [0.1, 0.15) is 10.4 Å². The van der Waals surface area contributed by atoms with Crippen LogP contribution in [0.25, 0.3) is 0 Å². The van der Waals surface area contributed by atoms with Crippen molar-refractivity contribution in [3.63, 3.8) is 0 Å². The van der Waals surface area contributed by atoms with Crippen LogP contribution in [0.3, 0.4) is 0 Å². The van der Waals surface area contributed by atoms with Crippen LogP contribution in [0.1, 0.15) is 38.5 Å². The van der Waals surface area contributed by atoms with Crippen LogP contribution in [0.5, 0.6) is 0 Å². The summed E-state index contributed by atoms with van der Waals surface area (Å²) < 4.78 is 0.922. The normalized spacial score (nSPS) is 18.1. The number of hydrogen-bond acceptors (Lipinski definition) is 2. The Kier molecular flexibility index (Phi) is 4.22. The largest absolute Gasteiger partial charge is 0.357 e. The smallest absolute Gasteiger partial charge is 0.129 e. The summed E-state index contributed by atoms with van der Waals surface area (Å²) in [7, 11) is 2.17. The molecular weight excluding hydrogens is 264 g/mol. The molecule has 3 heteroatoms. The van der Waals surface area contributed by atoms with Crippen molar-refractivity contribution in [1.29, 1.82) is 0 Å². The molecule has 2 nitrogen and oxygen atoms in total. The van der Waals surface area contributed by atoms with E-state index in [9.17, 15) is 0 Å². The van der Waals surface area contributed by atoms with Crippen LogP contribution in [0.15, 0.2) is 22.8 Å². The molecule has 16 heavy (non-hydrogen) atoms. The predicted molar refractivity (Wildman–Crippen MR) is 71.8 cm³/mol. The van der Waals surface area contributed by atoms with Gasteiger partial charge in [0.2, 0.25) is 0 Å². The fourth-order valence-corrected chi connectivity index (χ4v) is 2.76. The van der Waals surface area contributed by atoms with Gasteiger partial charge in [-0.2, -0.15) is 0 Å². The van der Waals surface area contributed by atoms with E-state index >= 15 is 0 Å². The van der Waals surface area contributed by atoms with E-state index in [1.54, 1.807) is 0 Å². The Balaban J connectivity index is 2.07. The van der Waals surface area contributed by atoms with Gasteiger partial charge in [-0.05, 0) is 40.9 Å². The Morgan fingerprint density at radius 1 is 1.19 bits per heavy atom. The molecule has 1 fully saturated rings. The molecule has 1 aromatic heterocycles. The zero-order valence-corrected chi connectivity index (χ0v) is 11.4. The summed E-state index contributed by atoms with van der Waals surface area (Å²) >= 11 is 3.43. The summed E-state index contributed by atoms with van der Waals surface area (Å²) in [6.07, 6.45) is 8.15. The van der Waals surface area contributed by atoms with Gasteiger partial charge in [0.15, 0.2) is 0 Å². The molecule has 1 aromatic rings. The molecule has 1 aliphatic rings. The third kappa shape index (κ3) is 2.97. The van der Waals surface area contributed by atoms with Gasteiger partial charge in [-0.15, -0.1) is 0 Å². The van der Waals surface area contributed by atoms with Gasteiger partial charge in [-0.25, -0.2) is 4.98 Å². The molecule has 0 bridgehead atoms. The van der Waals surface area contributed by atoms with Crippen LogP contribution < -0.4 is 4.90 Å². The zero-order chi connectivity index (χ0) is 11.4. The van der Waals surface area contributed by atoms with Gasteiger partial charge in [-0.1, -0.05) is 31.7 Å². The predicted octanol–water partition coefficient (Wildman–Crippen LogP) is 4.00. The molecule has 0 unspecified atom stereocenters. The summed E-state index contributed by atoms with van der Waals surface area (Å²) in [5.74, 6) is 1.08. The van der Waals surface area contributed by atoms with Crippen molar-refractivity contribution in [1.82, 2.24) is 4.98 Å². The van der Waals surface area contributed by atoms with E-state index in [0.717, 1.165) is 10.4 Å². The van der Waals surface area contributed by atoms with Crippen molar-refractivity contribution >= 4 is 21.7 Å². The second kappa shape index (κ2) is 5.67. The van der Waals surface area contributed by atoms with Crippen molar-refractivity contribution in [2.24, 2.45) is 0 Å². The van der Waals surface area contributed by atoms with E-state index in [1.165, 1.54) is 38.5 Å². The van der Waals surface area contributed by atoms with Gasteiger partial charge < -0.3 is 4.90 Å². The Hall–Kier alpha value is -0.570. The Labute approximate surface area is 106 Å². The topological polar surface area (TPSA) is 16.1 Å². The molecule has 1 saturated carbocycles.